The van der Waals surface area contributed by atoms with Gasteiger partial charge in [-0.05, 0) is 26.2 Å². The van der Waals surface area contributed by atoms with Crippen molar-refractivity contribution in [1.82, 2.24) is 4.90 Å². The maximum Gasteiger partial charge on any atom is 0.251 e. The molecule has 0 spiro atoms. The van der Waals surface area contributed by atoms with E-state index >= 15 is 0 Å². The van der Waals surface area contributed by atoms with E-state index in [1.807, 2.05) is 0 Å². The molecule has 2 aliphatic rings. The van der Waals surface area contributed by atoms with Gasteiger partial charge >= 0.3 is 0 Å². The summed E-state index contributed by atoms with van der Waals surface area (Å²) in [6.45, 7) is 3.34. The fourth-order valence-corrected chi connectivity index (χ4v) is 2.07. The summed E-state index contributed by atoms with van der Waals surface area (Å²) in [5.74, 6) is 0.0521. The first kappa shape index (κ1) is 9.93. The van der Waals surface area contributed by atoms with Crippen LogP contribution >= 0.6 is 0 Å². The fraction of sp³-hybridized carbons (Fsp3) is 0.900. The van der Waals surface area contributed by atoms with E-state index in [1.165, 1.54) is 0 Å². The van der Waals surface area contributed by atoms with Crippen molar-refractivity contribution in [2.45, 2.75) is 37.9 Å². The van der Waals surface area contributed by atoms with Gasteiger partial charge in [-0.1, -0.05) is 0 Å². The van der Waals surface area contributed by atoms with E-state index in [0.29, 0.717) is 19.7 Å². The van der Waals surface area contributed by atoms with Crippen LogP contribution < -0.4 is 0 Å². The second kappa shape index (κ2) is 3.51. The minimum absolute atomic E-state index is 0.0521. The number of amides is 1. The van der Waals surface area contributed by atoms with Gasteiger partial charge in [0.1, 0.15) is 6.10 Å². The number of carbonyl (C=O) groups is 1. The van der Waals surface area contributed by atoms with Crippen LogP contribution in [0.25, 0.3) is 0 Å². The van der Waals surface area contributed by atoms with E-state index in [-0.39, 0.29) is 12.0 Å². The molecule has 1 unspecified atom stereocenters. The molecule has 2 rings (SSSR count). The van der Waals surface area contributed by atoms with E-state index in [9.17, 15) is 9.90 Å². The molecule has 0 bridgehead atoms. The molecule has 80 valence electrons. The van der Waals surface area contributed by atoms with E-state index in [2.05, 4.69) is 0 Å². The second-order valence-electron chi connectivity index (χ2n) is 4.55. The van der Waals surface area contributed by atoms with Gasteiger partial charge in [0.15, 0.2) is 0 Å². The Morgan fingerprint density at radius 2 is 2.21 bits per heavy atom. The van der Waals surface area contributed by atoms with Crippen molar-refractivity contribution in [3.63, 3.8) is 0 Å². The number of aliphatic hydroxyl groups is 1. The zero-order valence-corrected chi connectivity index (χ0v) is 8.53. The summed E-state index contributed by atoms with van der Waals surface area (Å²) in [7, 11) is 0. The molecule has 0 aromatic rings. The average Bonchev–Trinajstić information content (AvgIpc) is 2.14. The van der Waals surface area contributed by atoms with Gasteiger partial charge < -0.3 is 14.7 Å². The monoisotopic (exact) mass is 199 g/mol. The second-order valence-corrected chi connectivity index (χ2v) is 4.55. The lowest BCUT2D eigenvalue weighted by Gasteiger charge is -2.45. The van der Waals surface area contributed by atoms with Crippen LogP contribution in [0.1, 0.15) is 26.2 Å². The van der Waals surface area contributed by atoms with Crippen LogP contribution in [-0.2, 0) is 9.53 Å². The van der Waals surface area contributed by atoms with Crippen LogP contribution in [0.4, 0.5) is 0 Å². The number of hydrogen-bond acceptors (Lipinski definition) is 3. The third-order valence-corrected chi connectivity index (χ3v) is 2.83. The van der Waals surface area contributed by atoms with Crippen molar-refractivity contribution in [2.24, 2.45) is 0 Å². The molecule has 0 aromatic carbocycles. The molecule has 0 aliphatic carbocycles. The Labute approximate surface area is 83.8 Å². The lowest BCUT2D eigenvalue weighted by Crippen LogP contribution is -2.63. The number of hydrogen-bond donors (Lipinski definition) is 1. The van der Waals surface area contributed by atoms with Crippen LogP contribution in [-0.4, -0.2) is 47.3 Å². The minimum Gasteiger partial charge on any atom is -0.386 e. The lowest BCUT2D eigenvalue weighted by atomic mass is 9.95. The highest BCUT2D eigenvalue weighted by molar-refractivity contribution is 5.82. The minimum atomic E-state index is -0.676. The van der Waals surface area contributed by atoms with Gasteiger partial charge in [-0.15, -0.1) is 0 Å². The topological polar surface area (TPSA) is 49.8 Å². The van der Waals surface area contributed by atoms with Gasteiger partial charge in [0.05, 0.1) is 18.7 Å². The van der Waals surface area contributed by atoms with Crippen molar-refractivity contribution in [1.29, 1.82) is 0 Å². The zero-order chi connectivity index (χ0) is 10.2. The largest absolute Gasteiger partial charge is 0.386 e. The summed E-state index contributed by atoms with van der Waals surface area (Å²) >= 11 is 0. The van der Waals surface area contributed by atoms with Crippen LogP contribution in [0.2, 0.25) is 0 Å². The van der Waals surface area contributed by atoms with Gasteiger partial charge in [-0.3, -0.25) is 4.79 Å². The highest BCUT2D eigenvalue weighted by Crippen LogP contribution is 2.23. The standard InChI is InChI=1S/C10H17NO3/c1-10(13)6-11(7-10)9(12)8-4-2-3-5-14-8/h8,13H,2-7H2,1H3. The zero-order valence-electron chi connectivity index (χ0n) is 8.53. The predicted octanol–water partition coefficient (Wildman–Crippen LogP) is 0.149. The maximum absolute atomic E-state index is 11.8. The Bertz CT molecular complexity index is 226. The van der Waals surface area contributed by atoms with Gasteiger partial charge in [0, 0.05) is 6.61 Å². The quantitative estimate of drug-likeness (QED) is 0.654. The molecule has 0 aromatic heterocycles. The number of nitrogens with zero attached hydrogens (tertiary/aromatic N) is 1. The highest BCUT2D eigenvalue weighted by Gasteiger charge is 2.41. The summed E-state index contributed by atoms with van der Waals surface area (Å²) in [6.07, 6.45) is 2.71. The molecule has 14 heavy (non-hydrogen) atoms. The predicted molar refractivity (Wildman–Crippen MR) is 50.8 cm³/mol. The first-order chi connectivity index (χ1) is 6.58. The van der Waals surface area contributed by atoms with Gasteiger partial charge in [-0.2, -0.15) is 0 Å². The third kappa shape index (κ3) is 1.91. The SMILES string of the molecule is CC1(O)CN(C(=O)C2CCCCO2)C1. The Kier molecular flexibility index (Phi) is 2.49. The first-order valence-electron chi connectivity index (χ1n) is 5.21. The van der Waals surface area contributed by atoms with E-state index < -0.39 is 5.60 Å². The van der Waals surface area contributed by atoms with E-state index in [0.717, 1.165) is 19.3 Å². The fourth-order valence-electron chi connectivity index (χ4n) is 2.07. The molecule has 0 radical (unpaired) electrons. The molecule has 4 heteroatoms. The first-order valence-corrected chi connectivity index (χ1v) is 5.21. The summed E-state index contributed by atoms with van der Waals surface area (Å²) in [5.41, 5.74) is -0.676. The average molecular weight is 199 g/mol. The van der Waals surface area contributed by atoms with Crippen LogP contribution in [0, 0.1) is 0 Å². The summed E-state index contributed by atoms with van der Waals surface area (Å²) in [5, 5.41) is 9.50. The highest BCUT2D eigenvalue weighted by atomic mass is 16.5. The van der Waals surface area contributed by atoms with Gasteiger partial charge in [0.25, 0.3) is 5.91 Å². The van der Waals surface area contributed by atoms with Crippen LogP contribution in [0.15, 0.2) is 0 Å². The number of likely N-dealkylation sites (tertiary alicyclic amines) is 1. The van der Waals surface area contributed by atoms with Crippen molar-refractivity contribution in [2.75, 3.05) is 19.7 Å². The summed E-state index contributed by atoms with van der Waals surface area (Å²) in [4.78, 5) is 13.4. The van der Waals surface area contributed by atoms with Crippen LogP contribution in [0.5, 0.6) is 0 Å². The maximum atomic E-state index is 11.8. The normalized spacial score (nSPS) is 31.0. The summed E-state index contributed by atoms with van der Waals surface area (Å²) in [6, 6.07) is 0. The molecule has 1 amide bonds. The van der Waals surface area contributed by atoms with Crippen molar-refractivity contribution in [3.05, 3.63) is 0 Å². The Morgan fingerprint density at radius 1 is 1.50 bits per heavy atom. The molecule has 4 nitrogen and oxygen atoms in total. The number of rotatable bonds is 1. The molecular formula is C10H17NO3. The molecule has 2 heterocycles. The van der Waals surface area contributed by atoms with Crippen molar-refractivity contribution >= 4 is 5.91 Å². The van der Waals surface area contributed by atoms with E-state index in [4.69, 9.17) is 4.74 Å². The number of β-amino-alcohol motifs (C(OH)–C–C–N with tert-alkyl or cyclic N) is 1. The molecule has 1 N–H and O–H groups in total. The van der Waals surface area contributed by atoms with Gasteiger partial charge in [-0.25, -0.2) is 0 Å². The lowest BCUT2D eigenvalue weighted by molar-refractivity contribution is -0.166. The molecular weight excluding hydrogens is 182 g/mol. The number of ether oxygens (including phenoxy) is 1. The smallest absolute Gasteiger partial charge is 0.251 e. The van der Waals surface area contributed by atoms with E-state index in [1.54, 1.807) is 11.8 Å². The molecule has 1 atom stereocenters. The third-order valence-electron chi connectivity index (χ3n) is 2.83. The Hall–Kier alpha value is -0.610. The Balaban J connectivity index is 1.84. The molecule has 2 fully saturated rings. The molecule has 2 saturated heterocycles. The summed E-state index contributed by atoms with van der Waals surface area (Å²) < 4.78 is 5.39. The van der Waals surface area contributed by atoms with Crippen molar-refractivity contribution in [3.8, 4) is 0 Å². The number of carbonyl (C=O) groups excluding carboxylic acids is 1. The molecule has 2 aliphatic heterocycles. The van der Waals surface area contributed by atoms with Gasteiger partial charge in [0.2, 0.25) is 0 Å². The van der Waals surface area contributed by atoms with Crippen LogP contribution in [0.3, 0.4) is 0 Å². The molecule has 0 saturated carbocycles. The van der Waals surface area contributed by atoms with Crippen molar-refractivity contribution < 1.29 is 14.6 Å². The Morgan fingerprint density at radius 3 is 2.71 bits per heavy atom.